The highest BCUT2D eigenvalue weighted by atomic mass is 32.1. The summed E-state index contributed by atoms with van der Waals surface area (Å²) in [5, 5.41) is 0.676. The minimum Gasteiger partial charge on any atom is -0.374 e. The second-order valence-corrected chi connectivity index (χ2v) is 6.71. The number of nitrogens with two attached hydrogens (primary N) is 1. The zero-order valence-corrected chi connectivity index (χ0v) is 13.1. The molecule has 0 aliphatic heterocycles. The Balaban J connectivity index is 2.24. The van der Waals surface area contributed by atoms with Gasteiger partial charge in [-0.1, -0.05) is 19.9 Å². The summed E-state index contributed by atoms with van der Waals surface area (Å²) in [7, 11) is 0. The van der Waals surface area contributed by atoms with Crippen LogP contribution >= 0.6 is 11.3 Å². The number of rotatable bonds is 6. The van der Waals surface area contributed by atoms with Gasteiger partial charge in [-0.05, 0) is 31.4 Å². The minimum absolute atomic E-state index is 0.169. The fraction of sp³-hybridized carbons (Fsp3) is 0.500. The summed E-state index contributed by atoms with van der Waals surface area (Å²) in [5.74, 6) is 0.406. The Labute approximate surface area is 123 Å². The largest absolute Gasteiger partial charge is 0.374 e. The Morgan fingerprint density at radius 1 is 1.30 bits per heavy atom. The fourth-order valence-electron chi connectivity index (χ4n) is 2.49. The molecule has 0 aliphatic carbocycles. The van der Waals surface area contributed by atoms with Gasteiger partial charge < -0.3 is 10.5 Å². The van der Waals surface area contributed by atoms with Crippen LogP contribution in [0.4, 0.5) is 4.39 Å². The van der Waals surface area contributed by atoms with Gasteiger partial charge in [0.25, 0.3) is 0 Å². The van der Waals surface area contributed by atoms with Crippen molar-refractivity contribution in [2.24, 2.45) is 11.7 Å². The molecule has 110 valence electrons. The summed E-state index contributed by atoms with van der Waals surface area (Å²) in [6, 6.07) is 5.17. The molecule has 0 saturated carbocycles. The van der Waals surface area contributed by atoms with Gasteiger partial charge in [0.1, 0.15) is 5.82 Å². The van der Waals surface area contributed by atoms with Crippen molar-refractivity contribution in [3.63, 3.8) is 0 Å². The van der Waals surface area contributed by atoms with Crippen molar-refractivity contribution >= 4 is 21.4 Å². The van der Waals surface area contributed by atoms with Crippen LogP contribution in [0.5, 0.6) is 0 Å². The van der Waals surface area contributed by atoms with E-state index in [1.807, 2.05) is 6.07 Å². The van der Waals surface area contributed by atoms with Gasteiger partial charge in [0, 0.05) is 27.1 Å². The van der Waals surface area contributed by atoms with Crippen molar-refractivity contribution in [3.05, 3.63) is 34.5 Å². The first-order valence-corrected chi connectivity index (χ1v) is 7.85. The minimum atomic E-state index is -0.187. The van der Waals surface area contributed by atoms with Crippen molar-refractivity contribution in [1.82, 2.24) is 0 Å². The predicted octanol–water partition coefficient (Wildman–Crippen LogP) is 4.45. The van der Waals surface area contributed by atoms with Crippen molar-refractivity contribution in [2.45, 2.75) is 46.4 Å². The van der Waals surface area contributed by atoms with E-state index >= 15 is 0 Å². The molecule has 2 nitrogen and oxygen atoms in total. The van der Waals surface area contributed by atoms with Crippen molar-refractivity contribution < 1.29 is 9.13 Å². The van der Waals surface area contributed by atoms with Gasteiger partial charge in [-0.3, -0.25) is 0 Å². The molecule has 1 atom stereocenters. The van der Waals surface area contributed by atoms with Crippen LogP contribution in [-0.2, 0) is 17.9 Å². The molecule has 2 aromatic rings. The van der Waals surface area contributed by atoms with Crippen molar-refractivity contribution in [3.8, 4) is 0 Å². The van der Waals surface area contributed by atoms with E-state index in [0.29, 0.717) is 24.5 Å². The molecule has 2 N–H and O–H groups in total. The molecule has 0 saturated heterocycles. The van der Waals surface area contributed by atoms with E-state index < -0.39 is 0 Å². The van der Waals surface area contributed by atoms with Gasteiger partial charge >= 0.3 is 0 Å². The Morgan fingerprint density at radius 2 is 2.05 bits per heavy atom. The zero-order valence-electron chi connectivity index (χ0n) is 12.3. The van der Waals surface area contributed by atoms with Gasteiger partial charge in [-0.2, -0.15) is 0 Å². The molecular weight excluding hydrogens is 273 g/mol. The number of halogens is 1. The third kappa shape index (κ3) is 3.37. The Bertz CT molecular complexity index is 579. The zero-order chi connectivity index (χ0) is 14.7. The molecule has 0 fully saturated rings. The van der Waals surface area contributed by atoms with Crippen LogP contribution in [-0.4, -0.2) is 6.10 Å². The maximum absolute atomic E-state index is 14.0. The molecule has 1 aromatic carbocycles. The van der Waals surface area contributed by atoms with Crippen LogP contribution in [0.2, 0.25) is 0 Å². The standard InChI is InChI=1S/C16H22FNOS/c1-10(2)7-11(3)19-9-12-15(8-18)20-14-6-4-5-13(17)16(12)14/h4-6,10-11H,7-9,18H2,1-3H3. The molecule has 2 rings (SSSR count). The van der Waals surface area contributed by atoms with Crippen LogP contribution in [0.3, 0.4) is 0 Å². The lowest BCUT2D eigenvalue weighted by Gasteiger charge is -2.15. The van der Waals surface area contributed by atoms with Gasteiger partial charge in [0.05, 0.1) is 12.7 Å². The van der Waals surface area contributed by atoms with E-state index in [0.717, 1.165) is 21.6 Å². The Kier molecular flexibility index (Phi) is 5.13. The summed E-state index contributed by atoms with van der Waals surface area (Å²) in [6.45, 7) is 7.26. The highest BCUT2D eigenvalue weighted by Gasteiger charge is 2.16. The van der Waals surface area contributed by atoms with E-state index in [1.165, 1.54) is 6.07 Å². The lowest BCUT2D eigenvalue weighted by Crippen LogP contribution is -2.12. The maximum atomic E-state index is 14.0. The second-order valence-electron chi connectivity index (χ2n) is 5.57. The van der Waals surface area contributed by atoms with Gasteiger partial charge in [0.15, 0.2) is 0 Å². The Hall–Kier alpha value is -0.970. The average Bonchev–Trinajstić information content (AvgIpc) is 2.74. The monoisotopic (exact) mass is 295 g/mol. The summed E-state index contributed by atoms with van der Waals surface area (Å²) >= 11 is 1.56. The number of hydrogen-bond acceptors (Lipinski definition) is 3. The number of ether oxygens (including phenoxy) is 1. The summed E-state index contributed by atoms with van der Waals surface area (Å²) in [4.78, 5) is 1.02. The molecule has 0 spiro atoms. The fourth-order valence-corrected chi connectivity index (χ4v) is 3.59. The number of fused-ring (bicyclic) bond motifs is 1. The van der Waals surface area contributed by atoms with Crippen molar-refractivity contribution in [2.75, 3.05) is 0 Å². The van der Waals surface area contributed by atoms with E-state index in [4.69, 9.17) is 10.5 Å². The molecule has 1 heterocycles. The first-order chi connectivity index (χ1) is 9.52. The third-order valence-electron chi connectivity index (χ3n) is 3.35. The molecule has 1 unspecified atom stereocenters. The molecule has 0 radical (unpaired) electrons. The lowest BCUT2D eigenvalue weighted by molar-refractivity contribution is 0.0401. The van der Waals surface area contributed by atoms with E-state index in [9.17, 15) is 4.39 Å². The van der Waals surface area contributed by atoms with Gasteiger partial charge in [-0.25, -0.2) is 4.39 Å². The molecule has 1 aromatic heterocycles. The summed E-state index contributed by atoms with van der Waals surface area (Å²) < 4.78 is 20.9. The average molecular weight is 295 g/mol. The lowest BCUT2D eigenvalue weighted by atomic mass is 10.1. The normalized spacial score (nSPS) is 13.3. The molecule has 0 bridgehead atoms. The van der Waals surface area contributed by atoms with Gasteiger partial charge in [0.2, 0.25) is 0 Å². The SMILES string of the molecule is CC(C)CC(C)OCc1c(CN)sc2cccc(F)c12. The molecular formula is C16H22FNOS. The quantitative estimate of drug-likeness (QED) is 0.854. The number of thiophene rings is 1. The molecule has 4 heteroatoms. The first-order valence-electron chi connectivity index (χ1n) is 7.03. The van der Waals surface area contributed by atoms with Crippen LogP contribution in [0, 0.1) is 11.7 Å². The molecule has 20 heavy (non-hydrogen) atoms. The van der Waals surface area contributed by atoms with E-state index in [1.54, 1.807) is 17.4 Å². The second kappa shape index (κ2) is 6.66. The van der Waals surface area contributed by atoms with Crippen LogP contribution in [0.1, 0.15) is 37.6 Å². The van der Waals surface area contributed by atoms with Gasteiger partial charge in [-0.15, -0.1) is 11.3 Å². The van der Waals surface area contributed by atoms with E-state index in [2.05, 4.69) is 20.8 Å². The number of hydrogen-bond donors (Lipinski definition) is 1. The summed E-state index contributed by atoms with van der Waals surface area (Å²) in [6.07, 6.45) is 1.17. The van der Waals surface area contributed by atoms with Crippen molar-refractivity contribution in [1.29, 1.82) is 0 Å². The maximum Gasteiger partial charge on any atom is 0.132 e. The third-order valence-corrected chi connectivity index (χ3v) is 4.57. The summed E-state index contributed by atoms with van der Waals surface area (Å²) in [5.41, 5.74) is 6.70. The van der Waals surface area contributed by atoms with Crippen LogP contribution in [0.15, 0.2) is 18.2 Å². The van der Waals surface area contributed by atoms with E-state index in [-0.39, 0.29) is 11.9 Å². The first kappa shape index (κ1) is 15.4. The highest BCUT2D eigenvalue weighted by Crippen LogP contribution is 2.33. The topological polar surface area (TPSA) is 35.2 Å². The molecule has 0 amide bonds. The molecule has 0 aliphatic rings. The highest BCUT2D eigenvalue weighted by molar-refractivity contribution is 7.19. The van der Waals surface area contributed by atoms with Crippen LogP contribution < -0.4 is 5.73 Å². The predicted molar refractivity (Wildman–Crippen MR) is 83.4 cm³/mol. The number of benzene rings is 1. The Morgan fingerprint density at radius 3 is 2.70 bits per heavy atom. The smallest absolute Gasteiger partial charge is 0.132 e. The van der Waals surface area contributed by atoms with Crippen LogP contribution in [0.25, 0.3) is 10.1 Å².